The van der Waals surface area contributed by atoms with Crippen molar-refractivity contribution < 1.29 is 9.53 Å². The van der Waals surface area contributed by atoms with Gasteiger partial charge in [0.25, 0.3) is 0 Å². The van der Waals surface area contributed by atoms with Crippen LogP contribution in [-0.2, 0) is 9.53 Å². The van der Waals surface area contributed by atoms with Gasteiger partial charge >= 0.3 is 0 Å². The molecule has 2 aromatic rings. The number of carbonyl (C=O) groups is 1. The molecule has 132 valence electrons. The number of methoxy groups -OCH3 is 1. The summed E-state index contributed by atoms with van der Waals surface area (Å²) in [6, 6.07) is 7.47. The number of thiazole rings is 1. The summed E-state index contributed by atoms with van der Waals surface area (Å²) in [4.78, 5) is 17.7. The second kappa shape index (κ2) is 9.13. The number of rotatable bonds is 6. The maximum atomic E-state index is 12.0. The number of aromatic nitrogens is 1. The highest BCUT2D eigenvalue weighted by molar-refractivity contribution is 7.15. The smallest absolute Gasteiger partial charge is 0.239 e. The van der Waals surface area contributed by atoms with Crippen molar-refractivity contribution in [1.29, 1.82) is 0 Å². The molecule has 0 aliphatic rings. The predicted molar refractivity (Wildman–Crippen MR) is 101 cm³/mol. The molecule has 7 heteroatoms. The van der Waals surface area contributed by atoms with Gasteiger partial charge in [0.15, 0.2) is 0 Å². The van der Waals surface area contributed by atoms with Crippen molar-refractivity contribution in [2.75, 3.05) is 13.7 Å². The van der Waals surface area contributed by atoms with E-state index in [1.807, 2.05) is 13.8 Å². The summed E-state index contributed by atoms with van der Waals surface area (Å²) in [5, 5.41) is 3.88. The summed E-state index contributed by atoms with van der Waals surface area (Å²) in [5.41, 5.74) is 8.99. The van der Waals surface area contributed by atoms with Crippen LogP contribution in [0.25, 0.3) is 10.6 Å². The third-order valence-corrected chi connectivity index (χ3v) is 4.96. The number of benzene rings is 1. The van der Waals surface area contributed by atoms with Gasteiger partial charge in [-0.1, -0.05) is 29.8 Å². The van der Waals surface area contributed by atoms with E-state index in [1.165, 1.54) is 12.7 Å². The number of hydrogen-bond acceptors (Lipinski definition) is 5. The summed E-state index contributed by atoms with van der Waals surface area (Å²) >= 11 is 1.60. The number of nitrogens with one attached hydrogen (secondary N) is 1. The standard InChI is InChI=1S/C17H23N3O2S.ClH/c1-10-5-7-13(8-6-10)17-20-12(3)15(23-17)11(2)19-16(21)14(18)9-22-4;/h5-8,11,14H,9,18H2,1-4H3,(H,19,21);1H. The second-order valence-corrected chi connectivity index (χ2v) is 6.66. The Kier molecular flexibility index (Phi) is 7.83. The first-order valence-corrected chi connectivity index (χ1v) is 8.33. The molecule has 24 heavy (non-hydrogen) atoms. The number of carbonyl (C=O) groups excluding carboxylic acids is 1. The molecule has 1 heterocycles. The maximum Gasteiger partial charge on any atom is 0.239 e. The van der Waals surface area contributed by atoms with Crippen LogP contribution in [0.3, 0.4) is 0 Å². The van der Waals surface area contributed by atoms with Crippen molar-refractivity contribution >= 4 is 29.7 Å². The van der Waals surface area contributed by atoms with Crippen LogP contribution in [-0.4, -0.2) is 30.6 Å². The molecule has 2 atom stereocenters. The van der Waals surface area contributed by atoms with E-state index >= 15 is 0 Å². The van der Waals surface area contributed by atoms with Gasteiger partial charge in [-0.25, -0.2) is 4.98 Å². The number of nitrogens with zero attached hydrogens (tertiary/aromatic N) is 1. The summed E-state index contributed by atoms with van der Waals surface area (Å²) in [7, 11) is 1.53. The van der Waals surface area contributed by atoms with Crippen LogP contribution in [0.15, 0.2) is 24.3 Å². The van der Waals surface area contributed by atoms with E-state index in [0.717, 1.165) is 21.1 Å². The zero-order valence-corrected chi connectivity index (χ0v) is 16.0. The molecule has 0 radical (unpaired) electrons. The van der Waals surface area contributed by atoms with Gasteiger partial charge in [-0.05, 0) is 20.8 Å². The SMILES string of the molecule is COCC(N)C(=O)NC(C)c1sc(-c2ccc(C)cc2)nc1C.Cl. The van der Waals surface area contributed by atoms with Crippen LogP contribution < -0.4 is 11.1 Å². The Labute approximate surface area is 153 Å². The molecule has 1 aromatic heterocycles. The Morgan fingerprint density at radius 3 is 2.54 bits per heavy atom. The van der Waals surface area contributed by atoms with Crippen LogP contribution in [0.5, 0.6) is 0 Å². The fourth-order valence-electron chi connectivity index (χ4n) is 2.27. The minimum atomic E-state index is -0.660. The molecule has 0 saturated heterocycles. The van der Waals surface area contributed by atoms with Crippen molar-refractivity contribution in [3.8, 4) is 10.6 Å². The highest BCUT2D eigenvalue weighted by atomic mass is 35.5. The molecule has 1 aromatic carbocycles. The molecular weight excluding hydrogens is 346 g/mol. The van der Waals surface area contributed by atoms with Gasteiger partial charge in [0.1, 0.15) is 11.0 Å². The first-order chi connectivity index (χ1) is 10.9. The lowest BCUT2D eigenvalue weighted by Gasteiger charge is -2.16. The van der Waals surface area contributed by atoms with Gasteiger partial charge in [-0.3, -0.25) is 4.79 Å². The minimum Gasteiger partial charge on any atom is -0.383 e. The average Bonchev–Trinajstić information content (AvgIpc) is 2.90. The molecule has 0 fully saturated rings. The monoisotopic (exact) mass is 369 g/mol. The van der Waals surface area contributed by atoms with Crippen molar-refractivity contribution in [1.82, 2.24) is 10.3 Å². The van der Waals surface area contributed by atoms with Crippen LogP contribution in [0.1, 0.15) is 29.1 Å². The van der Waals surface area contributed by atoms with Gasteiger partial charge in [0.2, 0.25) is 5.91 Å². The van der Waals surface area contributed by atoms with Crippen molar-refractivity contribution in [2.24, 2.45) is 5.73 Å². The Bertz CT molecular complexity index is 673. The topological polar surface area (TPSA) is 77.2 Å². The van der Waals surface area contributed by atoms with Gasteiger partial charge in [-0.15, -0.1) is 23.7 Å². The van der Waals surface area contributed by atoms with Crippen molar-refractivity contribution in [3.05, 3.63) is 40.4 Å². The first-order valence-electron chi connectivity index (χ1n) is 7.51. The Morgan fingerprint density at radius 1 is 1.33 bits per heavy atom. The molecule has 0 spiro atoms. The zero-order chi connectivity index (χ0) is 17.0. The van der Waals surface area contributed by atoms with Crippen LogP contribution in [0, 0.1) is 13.8 Å². The fraction of sp³-hybridized carbons (Fsp3) is 0.412. The molecular formula is C17H24ClN3O2S. The van der Waals surface area contributed by atoms with E-state index in [1.54, 1.807) is 11.3 Å². The Hall–Kier alpha value is -1.47. The molecule has 0 aliphatic heterocycles. The number of amides is 1. The molecule has 5 nitrogen and oxygen atoms in total. The second-order valence-electron chi connectivity index (χ2n) is 5.63. The van der Waals surface area contributed by atoms with E-state index in [0.29, 0.717) is 0 Å². The van der Waals surface area contributed by atoms with E-state index in [9.17, 15) is 4.79 Å². The molecule has 2 unspecified atom stereocenters. The number of hydrogen-bond donors (Lipinski definition) is 2. The first kappa shape index (κ1) is 20.6. The summed E-state index contributed by atoms with van der Waals surface area (Å²) in [5.74, 6) is -0.218. The van der Waals surface area contributed by atoms with Crippen LogP contribution in [0.2, 0.25) is 0 Å². The maximum absolute atomic E-state index is 12.0. The molecule has 0 bridgehead atoms. The highest BCUT2D eigenvalue weighted by Gasteiger charge is 2.20. The minimum absolute atomic E-state index is 0. The third kappa shape index (κ3) is 5.01. The highest BCUT2D eigenvalue weighted by Crippen LogP contribution is 2.31. The largest absolute Gasteiger partial charge is 0.383 e. The van der Waals surface area contributed by atoms with E-state index in [-0.39, 0.29) is 31.0 Å². The lowest BCUT2D eigenvalue weighted by atomic mass is 10.2. The number of ether oxygens (including phenoxy) is 1. The quantitative estimate of drug-likeness (QED) is 0.820. The van der Waals surface area contributed by atoms with Gasteiger partial charge in [0, 0.05) is 12.7 Å². The van der Waals surface area contributed by atoms with Gasteiger partial charge in [-0.2, -0.15) is 0 Å². The van der Waals surface area contributed by atoms with E-state index in [2.05, 4.69) is 41.5 Å². The Balaban J connectivity index is 0.00000288. The number of halogens is 1. The van der Waals surface area contributed by atoms with Crippen LogP contribution >= 0.6 is 23.7 Å². The van der Waals surface area contributed by atoms with E-state index in [4.69, 9.17) is 10.5 Å². The fourth-order valence-corrected chi connectivity index (χ4v) is 3.34. The molecule has 0 aliphatic carbocycles. The number of aryl methyl sites for hydroxylation is 2. The van der Waals surface area contributed by atoms with E-state index < -0.39 is 6.04 Å². The molecule has 1 amide bonds. The lowest BCUT2D eigenvalue weighted by Crippen LogP contribution is -2.44. The zero-order valence-electron chi connectivity index (χ0n) is 14.3. The van der Waals surface area contributed by atoms with Gasteiger partial charge < -0.3 is 15.8 Å². The Morgan fingerprint density at radius 2 is 1.96 bits per heavy atom. The molecule has 2 rings (SSSR count). The predicted octanol–water partition coefficient (Wildman–Crippen LogP) is 3.00. The lowest BCUT2D eigenvalue weighted by molar-refractivity contribution is -0.124. The normalized spacial score (nSPS) is 13.0. The average molecular weight is 370 g/mol. The number of nitrogens with two attached hydrogens (primary N) is 1. The summed E-state index contributed by atoms with van der Waals surface area (Å²) in [6.45, 7) is 6.16. The molecule has 3 N–H and O–H groups in total. The van der Waals surface area contributed by atoms with Crippen molar-refractivity contribution in [2.45, 2.75) is 32.9 Å². The summed E-state index contributed by atoms with van der Waals surface area (Å²) in [6.07, 6.45) is 0. The molecule has 0 saturated carbocycles. The van der Waals surface area contributed by atoms with Crippen LogP contribution in [0.4, 0.5) is 0 Å². The summed E-state index contributed by atoms with van der Waals surface area (Å²) < 4.78 is 4.91. The van der Waals surface area contributed by atoms with Gasteiger partial charge in [0.05, 0.1) is 23.2 Å². The van der Waals surface area contributed by atoms with Crippen molar-refractivity contribution in [3.63, 3.8) is 0 Å². The third-order valence-electron chi connectivity index (χ3n) is 3.57.